The second-order valence-corrected chi connectivity index (χ2v) is 4.72. The van der Waals surface area contributed by atoms with Gasteiger partial charge in [0.25, 0.3) is 0 Å². The molecular formula is C19H18FNO2. The quantitative estimate of drug-likeness (QED) is 0.574. The van der Waals surface area contributed by atoms with E-state index < -0.39 is 5.82 Å². The fourth-order valence-electron chi connectivity index (χ4n) is 2.17. The number of nitriles is 1. The Kier molecular flexibility index (Phi) is 5.76. The molecule has 0 saturated carbocycles. The number of rotatable bonds is 6. The van der Waals surface area contributed by atoms with Crippen molar-refractivity contribution >= 4 is 11.6 Å². The molecule has 0 bridgehead atoms. The van der Waals surface area contributed by atoms with Gasteiger partial charge in [-0.1, -0.05) is 24.3 Å². The first-order valence-corrected chi connectivity index (χ1v) is 7.46. The summed E-state index contributed by atoms with van der Waals surface area (Å²) in [6, 6.07) is 13.7. The zero-order valence-electron chi connectivity index (χ0n) is 13.2. The highest BCUT2D eigenvalue weighted by molar-refractivity contribution is 5.90. The van der Waals surface area contributed by atoms with Gasteiger partial charge in [0.15, 0.2) is 11.5 Å². The maximum atomic E-state index is 13.9. The number of allylic oxidation sites excluding steroid dienone is 1. The van der Waals surface area contributed by atoms with Crippen molar-refractivity contribution in [1.82, 2.24) is 0 Å². The SMILES string of the molecule is CCOc1ccc(/C=C(/C#N)c2ccccc2F)cc1OCC. The van der Waals surface area contributed by atoms with Crippen molar-refractivity contribution in [1.29, 1.82) is 5.26 Å². The van der Waals surface area contributed by atoms with E-state index in [1.54, 1.807) is 36.4 Å². The highest BCUT2D eigenvalue weighted by Gasteiger charge is 2.09. The van der Waals surface area contributed by atoms with Crippen LogP contribution in [-0.2, 0) is 0 Å². The molecule has 0 radical (unpaired) electrons. The second-order valence-electron chi connectivity index (χ2n) is 4.72. The van der Waals surface area contributed by atoms with Crippen LogP contribution in [0.25, 0.3) is 11.6 Å². The Hall–Kier alpha value is -2.80. The lowest BCUT2D eigenvalue weighted by molar-refractivity contribution is 0.287. The summed E-state index contributed by atoms with van der Waals surface area (Å²) in [5.74, 6) is 0.834. The van der Waals surface area contributed by atoms with Gasteiger partial charge in [-0.05, 0) is 43.7 Å². The van der Waals surface area contributed by atoms with E-state index in [1.165, 1.54) is 6.07 Å². The first kappa shape index (κ1) is 16.6. The molecule has 2 aromatic rings. The van der Waals surface area contributed by atoms with Crippen molar-refractivity contribution in [2.75, 3.05) is 13.2 Å². The molecule has 0 unspecified atom stereocenters. The van der Waals surface area contributed by atoms with Gasteiger partial charge in [-0.25, -0.2) is 4.39 Å². The van der Waals surface area contributed by atoms with E-state index in [2.05, 4.69) is 0 Å². The molecular weight excluding hydrogens is 293 g/mol. The summed E-state index contributed by atoms with van der Waals surface area (Å²) >= 11 is 0. The average molecular weight is 311 g/mol. The Labute approximate surface area is 135 Å². The van der Waals surface area contributed by atoms with Crippen LogP contribution < -0.4 is 9.47 Å². The summed E-state index contributed by atoms with van der Waals surface area (Å²) in [5.41, 5.74) is 1.29. The van der Waals surface area contributed by atoms with Gasteiger partial charge in [-0.15, -0.1) is 0 Å². The highest BCUT2D eigenvalue weighted by Crippen LogP contribution is 2.30. The first-order chi connectivity index (χ1) is 11.2. The molecule has 0 saturated heterocycles. The van der Waals surface area contributed by atoms with Crippen LogP contribution in [0, 0.1) is 17.1 Å². The van der Waals surface area contributed by atoms with Gasteiger partial charge < -0.3 is 9.47 Å². The Balaban J connectivity index is 2.42. The third-order valence-electron chi connectivity index (χ3n) is 3.16. The molecule has 0 aromatic heterocycles. The Morgan fingerprint density at radius 3 is 2.43 bits per heavy atom. The Morgan fingerprint density at radius 2 is 1.78 bits per heavy atom. The highest BCUT2D eigenvalue weighted by atomic mass is 19.1. The minimum atomic E-state index is -0.420. The molecule has 0 aliphatic heterocycles. The molecule has 2 aromatic carbocycles. The van der Waals surface area contributed by atoms with Gasteiger partial charge >= 0.3 is 0 Å². The number of benzene rings is 2. The largest absolute Gasteiger partial charge is 0.490 e. The van der Waals surface area contributed by atoms with E-state index in [0.29, 0.717) is 24.7 Å². The fraction of sp³-hybridized carbons (Fsp3) is 0.211. The number of nitrogens with zero attached hydrogens (tertiary/aromatic N) is 1. The summed E-state index contributed by atoms with van der Waals surface area (Å²) in [4.78, 5) is 0. The molecule has 2 rings (SSSR count). The predicted octanol–water partition coefficient (Wildman–Crippen LogP) is 4.69. The summed E-state index contributed by atoms with van der Waals surface area (Å²) in [6.45, 7) is 4.83. The van der Waals surface area contributed by atoms with Crippen LogP contribution in [0.3, 0.4) is 0 Å². The molecule has 0 fully saturated rings. The standard InChI is InChI=1S/C19H18FNO2/c1-3-22-18-10-9-14(12-19(18)23-4-2)11-15(13-21)16-7-5-6-8-17(16)20/h5-12H,3-4H2,1-2H3/b15-11-. The van der Waals surface area contributed by atoms with Crippen molar-refractivity contribution in [3.63, 3.8) is 0 Å². The topological polar surface area (TPSA) is 42.2 Å². The van der Waals surface area contributed by atoms with Crippen molar-refractivity contribution in [3.8, 4) is 17.6 Å². The minimum absolute atomic E-state index is 0.259. The summed E-state index contributed by atoms with van der Waals surface area (Å²) in [5, 5.41) is 9.34. The normalized spacial score (nSPS) is 11.0. The van der Waals surface area contributed by atoms with Gasteiger partial charge in [-0.3, -0.25) is 0 Å². The molecule has 0 amide bonds. The van der Waals surface area contributed by atoms with E-state index in [-0.39, 0.29) is 11.1 Å². The minimum Gasteiger partial charge on any atom is -0.490 e. The lowest BCUT2D eigenvalue weighted by atomic mass is 10.0. The van der Waals surface area contributed by atoms with Crippen molar-refractivity contribution in [3.05, 3.63) is 59.4 Å². The lowest BCUT2D eigenvalue weighted by Gasteiger charge is -2.11. The molecule has 0 heterocycles. The lowest BCUT2D eigenvalue weighted by Crippen LogP contribution is -1.98. The molecule has 23 heavy (non-hydrogen) atoms. The molecule has 0 aliphatic rings. The predicted molar refractivity (Wildman–Crippen MR) is 88.7 cm³/mol. The van der Waals surface area contributed by atoms with E-state index in [4.69, 9.17) is 9.47 Å². The average Bonchev–Trinajstić information content (AvgIpc) is 2.56. The number of ether oxygens (including phenoxy) is 2. The van der Waals surface area contributed by atoms with Crippen LogP contribution in [0.2, 0.25) is 0 Å². The zero-order valence-corrected chi connectivity index (χ0v) is 13.2. The number of hydrogen-bond donors (Lipinski definition) is 0. The van der Waals surface area contributed by atoms with Crippen LogP contribution in [-0.4, -0.2) is 13.2 Å². The zero-order chi connectivity index (χ0) is 16.7. The number of hydrogen-bond acceptors (Lipinski definition) is 3. The van der Waals surface area contributed by atoms with Crippen LogP contribution in [0.4, 0.5) is 4.39 Å². The summed E-state index contributed by atoms with van der Waals surface area (Å²) in [6.07, 6.45) is 1.64. The van der Waals surface area contributed by atoms with Crippen LogP contribution >= 0.6 is 0 Å². The second kappa shape index (κ2) is 8.00. The molecule has 0 spiro atoms. The molecule has 0 N–H and O–H groups in total. The van der Waals surface area contributed by atoms with Crippen molar-refractivity contribution in [2.24, 2.45) is 0 Å². The third-order valence-corrected chi connectivity index (χ3v) is 3.16. The van der Waals surface area contributed by atoms with Crippen LogP contribution in [0.1, 0.15) is 25.0 Å². The van der Waals surface area contributed by atoms with Gasteiger partial charge in [0.1, 0.15) is 5.82 Å². The summed E-state index contributed by atoms with van der Waals surface area (Å²) < 4.78 is 24.9. The fourth-order valence-corrected chi connectivity index (χ4v) is 2.17. The molecule has 0 aliphatic carbocycles. The van der Waals surface area contributed by atoms with Crippen LogP contribution in [0.5, 0.6) is 11.5 Å². The maximum Gasteiger partial charge on any atom is 0.161 e. The molecule has 118 valence electrons. The Morgan fingerprint density at radius 1 is 1.09 bits per heavy atom. The Bertz CT molecular complexity index is 747. The molecule has 4 heteroatoms. The van der Waals surface area contributed by atoms with E-state index in [0.717, 1.165) is 5.56 Å². The van der Waals surface area contributed by atoms with Crippen molar-refractivity contribution < 1.29 is 13.9 Å². The number of halogens is 1. The van der Waals surface area contributed by atoms with Crippen LogP contribution in [0.15, 0.2) is 42.5 Å². The molecule has 3 nitrogen and oxygen atoms in total. The van der Waals surface area contributed by atoms with Gasteiger partial charge in [0.05, 0.1) is 24.9 Å². The first-order valence-electron chi connectivity index (χ1n) is 7.46. The van der Waals surface area contributed by atoms with Gasteiger partial charge in [-0.2, -0.15) is 5.26 Å². The maximum absolute atomic E-state index is 13.9. The molecule has 0 atom stereocenters. The van der Waals surface area contributed by atoms with Crippen molar-refractivity contribution in [2.45, 2.75) is 13.8 Å². The summed E-state index contributed by atoms with van der Waals surface area (Å²) in [7, 11) is 0. The van der Waals surface area contributed by atoms with Gasteiger partial charge in [0.2, 0.25) is 0 Å². The van der Waals surface area contributed by atoms with E-state index >= 15 is 0 Å². The van der Waals surface area contributed by atoms with E-state index in [1.807, 2.05) is 26.0 Å². The van der Waals surface area contributed by atoms with E-state index in [9.17, 15) is 9.65 Å². The monoisotopic (exact) mass is 311 g/mol. The third kappa shape index (κ3) is 4.10. The van der Waals surface area contributed by atoms with Gasteiger partial charge in [0, 0.05) is 5.56 Å². The smallest absolute Gasteiger partial charge is 0.161 e.